The van der Waals surface area contributed by atoms with Crippen molar-refractivity contribution in [1.82, 2.24) is 0 Å². The van der Waals surface area contributed by atoms with E-state index >= 15 is 0 Å². The van der Waals surface area contributed by atoms with Gasteiger partial charge in [-0.1, -0.05) is 57.7 Å². The molecule has 0 fully saturated rings. The van der Waals surface area contributed by atoms with Crippen molar-refractivity contribution in [2.75, 3.05) is 6.23 Å². The average Bonchev–Trinajstić information content (AvgIpc) is 2.18. The van der Waals surface area contributed by atoms with Gasteiger partial charge in [-0.15, -0.1) is 0 Å². The Labute approximate surface area is 95.1 Å². The maximum Gasteiger partial charge on any atom is 0.0830 e. The molecule has 0 aliphatic rings. The van der Waals surface area contributed by atoms with Gasteiger partial charge in [-0.25, -0.2) is 0 Å². The summed E-state index contributed by atoms with van der Waals surface area (Å²) in [5, 5.41) is 0.432. The number of rotatable bonds is 4. The third kappa shape index (κ3) is 4.63. The highest BCUT2D eigenvalue weighted by molar-refractivity contribution is 6.60. The molecule has 1 aromatic carbocycles. The standard InChI is InChI=1S/C13H21OSi/c1-13(2,3)15(4)11-14-10-12-8-6-5-7-9-12/h5-9H,10-11H2,1-4H3. The summed E-state index contributed by atoms with van der Waals surface area (Å²) in [4.78, 5) is 0. The molecule has 1 nitrogen and oxygen atoms in total. The summed E-state index contributed by atoms with van der Waals surface area (Å²) in [7, 11) is -0.397. The van der Waals surface area contributed by atoms with Crippen LogP contribution in [0.3, 0.4) is 0 Å². The zero-order valence-electron chi connectivity index (χ0n) is 10.2. The van der Waals surface area contributed by atoms with Crippen molar-refractivity contribution in [1.29, 1.82) is 0 Å². The van der Waals surface area contributed by atoms with Gasteiger partial charge in [-0.05, 0) is 10.6 Å². The Morgan fingerprint density at radius 1 is 1.13 bits per heavy atom. The number of hydrogen-bond acceptors (Lipinski definition) is 1. The molecule has 0 atom stereocenters. The molecule has 1 rings (SSSR count). The minimum Gasteiger partial charge on any atom is -0.380 e. The minimum absolute atomic E-state index is 0.397. The fourth-order valence-electron chi connectivity index (χ4n) is 1.11. The SMILES string of the molecule is C[Si](COCc1ccccc1)C(C)(C)C. The predicted octanol–water partition coefficient (Wildman–Crippen LogP) is 3.67. The lowest BCUT2D eigenvalue weighted by Crippen LogP contribution is -2.27. The molecule has 0 spiro atoms. The van der Waals surface area contributed by atoms with Gasteiger partial charge in [0.05, 0.1) is 15.4 Å². The molecule has 0 heterocycles. The van der Waals surface area contributed by atoms with Gasteiger partial charge in [0, 0.05) is 6.23 Å². The largest absolute Gasteiger partial charge is 0.380 e. The Balaban J connectivity index is 2.28. The van der Waals surface area contributed by atoms with Crippen molar-refractivity contribution in [2.45, 2.75) is 39.0 Å². The second-order valence-electron chi connectivity index (χ2n) is 5.01. The van der Waals surface area contributed by atoms with Crippen LogP contribution in [-0.4, -0.2) is 15.0 Å². The van der Waals surface area contributed by atoms with Crippen LogP contribution in [0.5, 0.6) is 0 Å². The molecule has 0 N–H and O–H groups in total. The van der Waals surface area contributed by atoms with Crippen LogP contribution >= 0.6 is 0 Å². The summed E-state index contributed by atoms with van der Waals surface area (Å²) in [6, 6.07) is 10.4. The molecule has 15 heavy (non-hydrogen) atoms. The summed E-state index contributed by atoms with van der Waals surface area (Å²) < 4.78 is 5.75. The van der Waals surface area contributed by atoms with E-state index in [-0.39, 0.29) is 0 Å². The summed E-state index contributed by atoms with van der Waals surface area (Å²) in [5.41, 5.74) is 1.27. The van der Waals surface area contributed by atoms with Crippen LogP contribution < -0.4 is 0 Å². The molecule has 0 bridgehead atoms. The van der Waals surface area contributed by atoms with Crippen molar-refractivity contribution in [3.8, 4) is 0 Å². The van der Waals surface area contributed by atoms with Gasteiger partial charge >= 0.3 is 0 Å². The molecule has 1 radical (unpaired) electrons. The Hall–Kier alpha value is -0.603. The Morgan fingerprint density at radius 3 is 2.27 bits per heavy atom. The van der Waals surface area contributed by atoms with Gasteiger partial charge in [-0.3, -0.25) is 0 Å². The van der Waals surface area contributed by atoms with Gasteiger partial charge in [0.25, 0.3) is 0 Å². The molecule has 2 heteroatoms. The maximum atomic E-state index is 5.75. The molecule has 0 saturated heterocycles. The van der Waals surface area contributed by atoms with E-state index in [4.69, 9.17) is 4.74 Å². The monoisotopic (exact) mass is 221 g/mol. The Kier molecular flexibility index (Phi) is 4.55. The summed E-state index contributed by atoms with van der Waals surface area (Å²) in [6.07, 6.45) is 0.934. The molecule has 1 aromatic rings. The Morgan fingerprint density at radius 2 is 1.73 bits per heavy atom. The van der Waals surface area contributed by atoms with Gasteiger partial charge in [-0.2, -0.15) is 0 Å². The molecule has 0 aliphatic heterocycles. The molecule has 0 aliphatic carbocycles. The first kappa shape index (κ1) is 12.5. The molecular weight excluding hydrogens is 200 g/mol. The van der Waals surface area contributed by atoms with Gasteiger partial charge in [0.1, 0.15) is 0 Å². The van der Waals surface area contributed by atoms with Crippen LogP contribution in [0.1, 0.15) is 26.3 Å². The summed E-state index contributed by atoms with van der Waals surface area (Å²) in [5.74, 6) is 0. The van der Waals surface area contributed by atoms with Crippen LogP contribution in [-0.2, 0) is 11.3 Å². The van der Waals surface area contributed by atoms with Crippen LogP contribution in [0.25, 0.3) is 0 Å². The smallest absolute Gasteiger partial charge is 0.0830 e. The van der Waals surface area contributed by atoms with Crippen LogP contribution in [0, 0.1) is 0 Å². The van der Waals surface area contributed by atoms with E-state index in [0.29, 0.717) is 5.04 Å². The highest BCUT2D eigenvalue weighted by Crippen LogP contribution is 2.26. The summed E-state index contributed by atoms with van der Waals surface area (Å²) >= 11 is 0. The van der Waals surface area contributed by atoms with Crippen LogP contribution in [0.2, 0.25) is 11.6 Å². The van der Waals surface area contributed by atoms with E-state index in [0.717, 1.165) is 12.8 Å². The third-order valence-corrected chi connectivity index (χ3v) is 5.91. The fourth-order valence-corrected chi connectivity index (χ4v) is 1.95. The average molecular weight is 221 g/mol. The first-order valence-electron chi connectivity index (χ1n) is 5.45. The van der Waals surface area contributed by atoms with Gasteiger partial charge in [0.15, 0.2) is 0 Å². The quantitative estimate of drug-likeness (QED) is 0.705. The molecular formula is C13H21OSi. The second kappa shape index (κ2) is 5.47. The van der Waals surface area contributed by atoms with Crippen molar-refractivity contribution in [3.63, 3.8) is 0 Å². The van der Waals surface area contributed by atoms with Crippen molar-refractivity contribution in [2.24, 2.45) is 0 Å². The minimum atomic E-state index is -0.397. The Bertz CT molecular complexity index is 276. The maximum absolute atomic E-state index is 5.75. The fraction of sp³-hybridized carbons (Fsp3) is 0.538. The molecule has 0 amide bonds. The highest BCUT2D eigenvalue weighted by atomic mass is 28.3. The number of benzene rings is 1. The summed E-state index contributed by atoms with van der Waals surface area (Å²) in [6.45, 7) is 9.99. The number of hydrogen-bond donors (Lipinski definition) is 0. The topological polar surface area (TPSA) is 9.23 Å². The van der Waals surface area contributed by atoms with E-state index in [1.165, 1.54) is 5.56 Å². The molecule has 0 aromatic heterocycles. The van der Waals surface area contributed by atoms with Crippen LogP contribution in [0.15, 0.2) is 30.3 Å². The predicted molar refractivity (Wildman–Crippen MR) is 67.4 cm³/mol. The van der Waals surface area contributed by atoms with E-state index in [1.54, 1.807) is 0 Å². The molecule has 0 unspecified atom stereocenters. The lowest BCUT2D eigenvalue weighted by Gasteiger charge is -2.25. The third-order valence-electron chi connectivity index (χ3n) is 2.71. The number of ether oxygens (including phenoxy) is 1. The lowest BCUT2D eigenvalue weighted by molar-refractivity contribution is 0.159. The van der Waals surface area contributed by atoms with Crippen molar-refractivity contribution in [3.05, 3.63) is 35.9 Å². The van der Waals surface area contributed by atoms with Gasteiger partial charge in [0.2, 0.25) is 0 Å². The van der Waals surface area contributed by atoms with Crippen LogP contribution in [0.4, 0.5) is 0 Å². The zero-order valence-corrected chi connectivity index (χ0v) is 11.2. The second-order valence-corrected chi connectivity index (χ2v) is 8.36. The van der Waals surface area contributed by atoms with E-state index in [2.05, 4.69) is 51.6 Å². The van der Waals surface area contributed by atoms with E-state index in [1.807, 2.05) is 6.07 Å². The zero-order chi connectivity index (χ0) is 11.3. The first-order chi connectivity index (χ1) is 7.00. The molecule has 0 saturated carbocycles. The normalized spacial score (nSPS) is 12.1. The van der Waals surface area contributed by atoms with Gasteiger partial charge < -0.3 is 4.74 Å². The highest BCUT2D eigenvalue weighted by Gasteiger charge is 2.21. The first-order valence-corrected chi connectivity index (χ1v) is 7.65. The molecule has 83 valence electrons. The van der Waals surface area contributed by atoms with E-state index < -0.39 is 8.80 Å². The van der Waals surface area contributed by atoms with Crippen molar-refractivity contribution >= 4 is 8.80 Å². The van der Waals surface area contributed by atoms with Crippen molar-refractivity contribution < 1.29 is 4.74 Å². The lowest BCUT2D eigenvalue weighted by atomic mass is 10.2. The van der Waals surface area contributed by atoms with E-state index in [9.17, 15) is 0 Å².